The van der Waals surface area contributed by atoms with Crippen molar-refractivity contribution in [3.8, 4) is 5.75 Å². The Kier molecular flexibility index (Phi) is 4.94. The van der Waals surface area contributed by atoms with E-state index in [-0.39, 0.29) is 12.0 Å². The van der Waals surface area contributed by atoms with Crippen LogP contribution in [0, 0.1) is 12.8 Å². The first-order chi connectivity index (χ1) is 11.2. The van der Waals surface area contributed by atoms with Crippen molar-refractivity contribution in [1.29, 1.82) is 0 Å². The molecule has 3 rings (SSSR count). The third-order valence-electron chi connectivity index (χ3n) is 4.67. The minimum atomic E-state index is -0.262. The summed E-state index contributed by atoms with van der Waals surface area (Å²) in [7, 11) is 1.69. The highest BCUT2D eigenvalue weighted by molar-refractivity contribution is 5.34. The molecule has 0 bridgehead atoms. The van der Waals surface area contributed by atoms with Gasteiger partial charge in [-0.1, -0.05) is 6.07 Å². The second kappa shape index (κ2) is 7.11. The minimum absolute atomic E-state index is 0.262. The van der Waals surface area contributed by atoms with E-state index in [0.29, 0.717) is 0 Å². The molecule has 1 aliphatic heterocycles. The van der Waals surface area contributed by atoms with E-state index in [2.05, 4.69) is 28.9 Å². The van der Waals surface area contributed by atoms with Crippen LogP contribution >= 0.6 is 0 Å². The third-order valence-corrected chi connectivity index (χ3v) is 4.67. The molecule has 2 aromatic rings. The van der Waals surface area contributed by atoms with Crippen molar-refractivity contribution < 1.29 is 9.84 Å². The normalized spacial score (nSPS) is 21.5. The molecule has 1 aromatic heterocycles. The lowest BCUT2D eigenvalue weighted by molar-refractivity contribution is 0.141. The number of aryl methyl sites for hydroxylation is 1. The molecule has 23 heavy (non-hydrogen) atoms. The van der Waals surface area contributed by atoms with E-state index in [1.807, 2.05) is 30.6 Å². The summed E-state index contributed by atoms with van der Waals surface area (Å²) in [5, 5.41) is 10.4. The number of hydrogen-bond donors (Lipinski definition) is 1. The Morgan fingerprint density at radius 3 is 2.70 bits per heavy atom. The van der Waals surface area contributed by atoms with Gasteiger partial charge in [-0.2, -0.15) is 0 Å². The molecule has 1 saturated heterocycles. The maximum atomic E-state index is 10.4. The zero-order chi connectivity index (χ0) is 16.2. The highest BCUT2D eigenvalue weighted by Crippen LogP contribution is 2.25. The van der Waals surface area contributed by atoms with E-state index < -0.39 is 0 Å². The van der Waals surface area contributed by atoms with Crippen LogP contribution in [-0.2, 0) is 13.0 Å². The fraction of sp³-hybridized carbons (Fsp3) is 0.421. The van der Waals surface area contributed by atoms with E-state index in [1.54, 1.807) is 7.11 Å². The maximum absolute atomic E-state index is 10.4. The predicted molar refractivity (Wildman–Crippen MR) is 90.4 cm³/mol. The maximum Gasteiger partial charge on any atom is 0.119 e. The van der Waals surface area contributed by atoms with Gasteiger partial charge >= 0.3 is 0 Å². The predicted octanol–water partition coefficient (Wildman–Crippen LogP) is 2.43. The van der Waals surface area contributed by atoms with Gasteiger partial charge in [-0.25, -0.2) is 0 Å². The lowest BCUT2D eigenvalue weighted by atomic mass is 9.97. The van der Waals surface area contributed by atoms with Gasteiger partial charge < -0.3 is 9.84 Å². The van der Waals surface area contributed by atoms with Crippen LogP contribution in [0.25, 0.3) is 0 Å². The van der Waals surface area contributed by atoms with Crippen LogP contribution in [0.15, 0.2) is 42.7 Å². The molecule has 122 valence electrons. The third kappa shape index (κ3) is 3.89. The number of likely N-dealkylation sites (tertiary alicyclic amines) is 1. The van der Waals surface area contributed by atoms with Gasteiger partial charge in [-0.05, 0) is 54.3 Å². The standard InChI is InChI=1S/C19H24N2O2/c1-14-9-18(23-2)4-3-16(14)11-21-12-17(19(22)13-21)10-15-5-7-20-8-6-15/h3-9,17,19,22H,10-13H2,1-2H3/t17-,19-/m1/s1. The Morgan fingerprint density at radius 1 is 1.22 bits per heavy atom. The summed E-state index contributed by atoms with van der Waals surface area (Å²) in [6.45, 7) is 4.65. The molecule has 0 spiro atoms. The van der Waals surface area contributed by atoms with Crippen LogP contribution in [0.4, 0.5) is 0 Å². The molecule has 2 atom stereocenters. The van der Waals surface area contributed by atoms with Crippen molar-refractivity contribution in [2.75, 3.05) is 20.2 Å². The second-order valence-corrected chi connectivity index (χ2v) is 6.37. The van der Waals surface area contributed by atoms with Gasteiger partial charge in [0.2, 0.25) is 0 Å². The fourth-order valence-electron chi connectivity index (χ4n) is 3.31. The Morgan fingerprint density at radius 2 is 2.00 bits per heavy atom. The number of pyridine rings is 1. The largest absolute Gasteiger partial charge is 0.497 e. The monoisotopic (exact) mass is 312 g/mol. The molecule has 2 heterocycles. The number of ether oxygens (including phenoxy) is 1. The van der Waals surface area contributed by atoms with Crippen molar-refractivity contribution in [2.24, 2.45) is 5.92 Å². The first kappa shape index (κ1) is 16.0. The smallest absolute Gasteiger partial charge is 0.119 e. The second-order valence-electron chi connectivity index (χ2n) is 6.37. The van der Waals surface area contributed by atoms with Gasteiger partial charge in [0.15, 0.2) is 0 Å². The number of nitrogens with zero attached hydrogens (tertiary/aromatic N) is 2. The van der Waals surface area contributed by atoms with E-state index in [1.165, 1.54) is 16.7 Å². The zero-order valence-corrected chi connectivity index (χ0v) is 13.8. The molecule has 1 aromatic carbocycles. The zero-order valence-electron chi connectivity index (χ0n) is 13.8. The van der Waals surface area contributed by atoms with Crippen molar-refractivity contribution in [1.82, 2.24) is 9.88 Å². The summed E-state index contributed by atoms with van der Waals surface area (Å²) >= 11 is 0. The topological polar surface area (TPSA) is 45.6 Å². The Balaban J connectivity index is 1.62. The van der Waals surface area contributed by atoms with Crippen LogP contribution in [0.1, 0.15) is 16.7 Å². The van der Waals surface area contributed by atoms with E-state index in [9.17, 15) is 5.11 Å². The molecule has 0 aliphatic carbocycles. The number of aliphatic hydroxyl groups is 1. The van der Waals surface area contributed by atoms with E-state index in [0.717, 1.165) is 31.8 Å². The van der Waals surface area contributed by atoms with Gasteiger partial charge in [0.05, 0.1) is 13.2 Å². The van der Waals surface area contributed by atoms with Crippen LogP contribution < -0.4 is 4.74 Å². The van der Waals surface area contributed by atoms with Crippen molar-refractivity contribution in [3.05, 3.63) is 59.4 Å². The number of aromatic nitrogens is 1. The van der Waals surface area contributed by atoms with Crippen molar-refractivity contribution in [2.45, 2.75) is 26.0 Å². The highest BCUT2D eigenvalue weighted by atomic mass is 16.5. The summed E-state index contributed by atoms with van der Waals surface area (Å²) < 4.78 is 5.26. The molecule has 1 aliphatic rings. The minimum Gasteiger partial charge on any atom is -0.497 e. The summed E-state index contributed by atoms with van der Waals surface area (Å²) in [5.74, 6) is 1.18. The molecule has 1 fully saturated rings. The number of β-amino-alcohol motifs (C(OH)–C–C–N with tert-alkyl or cyclic N) is 1. The Hall–Kier alpha value is -1.91. The Labute approximate surface area is 137 Å². The number of hydrogen-bond acceptors (Lipinski definition) is 4. The molecule has 1 N–H and O–H groups in total. The molecule has 4 nitrogen and oxygen atoms in total. The average Bonchev–Trinajstić information content (AvgIpc) is 2.90. The van der Waals surface area contributed by atoms with Gasteiger partial charge in [0.25, 0.3) is 0 Å². The summed E-state index contributed by atoms with van der Waals surface area (Å²) in [6, 6.07) is 10.3. The number of benzene rings is 1. The number of rotatable bonds is 5. The van der Waals surface area contributed by atoms with Crippen molar-refractivity contribution in [3.63, 3.8) is 0 Å². The SMILES string of the molecule is COc1ccc(CN2C[C@@H](Cc3ccncc3)[C@H](O)C2)c(C)c1. The van der Waals surface area contributed by atoms with Crippen LogP contribution in [0.5, 0.6) is 5.75 Å². The van der Waals surface area contributed by atoms with E-state index in [4.69, 9.17) is 4.74 Å². The fourth-order valence-corrected chi connectivity index (χ4v) is 3.31. The van der Waals surface area contributed by atoms with Crippen molar-refractivity contribution >= 4 is 0 Å². The first-order valence-corrected chi connectivity index (χ1v) is 8.08. The molecule has 0 unspecified atom stereocenters. The summed E-state index contributed by atoms with van der Waals surface area (Å²) in [4.78, 5) is 6.39. The quantitative estimate of drug-likeness (QED) is 0.921. The summed E-state index contributed by atoms with van der Waals surface area (Å²) in [6.07, 6.45) is 4.27. The molecule has 4 heteroatoms. The van der Waals surface area contributed by atoms with Gasteiger partial charge in [-0.3, -0.25) is 9.88 Å². The van der Waals surface area contributed by atoms with E-state index >= 15 is 0 Å². The Bertz CT molecular complexity index is 645. The number of aliphatic hydroxyl groups excluding tert-OH is 1. The number of methoxy groups -OCH3 is 1. The van der Waals surface area contributed by atoms with Crippen LogP contribution in [0.3, 0.4) is 0 Å². The summed E-state index contributed by atoms with van der Waals surface area (Å²) in [5.41, 5.74) is 3.77. The molecule has 0 amide bonds. The molecular weight excluding hydrogens is 288 g/mol. The lowest BCUT2D eigenvalue weighted by Crippen LogP contribution is -2.21. The molecular formula is C19H24N2O2. The van der Waals surface area contributed by atoms with Gasteiger partial charge in [-0.15, -0.1) is 0 Å². The first-order valence-electron chi connectivity index (χ1n) is 8.08. The lowest BCUT2D eigenvalue weighted by Gasteiger charge is -2.17. The molecule has 0 saturated carbocycles. The van der Waals surface area contributed by atoms with Crippen LogP contribution in [0.2, 0.25) is 0 Å². The van der Waals surface area contributed by atoms with Gasteiger partial charge in [0, 0.05) is 37.9 Å². The van der Waals surface area contributed by atoms with Crippen LogP contribution in [-0.4, -0.2) is 41.3 Å². The highest BCUT2D eigenvalue weighted by Gasteiger charge is 2.31. The molecule has 0 radical (unpaired) electrons. The van der Waals surface area contributed by atoms with Gasteiger partial charge in [0.1, 0.15) is 5.75 Å². The average molecular weight is 312 g/mol.